The van der Waals surface area contributed by atoms with Gasteiger partial charge in [-0.15, -0.1) is 0 Å². The molecule has 1 aromatic heterocycles. The number of rotatable bonds is 8. The predicted molar refractivity (Wildman–Crippen MR) is 108 cm³/mol. The molecule has 2 rings (SSSR count). The Morgan fingerprint density at radius 2 is 1.92 bits per heavy atom. The Balaban J connectivity index is 2.27. The van der Waals surface area contributed by atoms with Gasteiger partial charge in [-0.3, -0.25) is 4.79 Å². The number of methoxy groups -OCH3 is 1. The van der Waals surface area contributed by atoms with Crippen LogP contribution in [0, 0.1) is 20.8 Å². The van der Waals surface area contributed by atoms with Crippen molar-refractivity contribution < 1.29 is 13.9 Å². The number of allylic oxidation sites excluding steroid dienone is 1. The normalized spacial score (nSPS) is 11.8. The third kappa shape index (κ3) is 4.29. The van der Waals surface area contributed by atoms with Crippen molar-refractivity contribution >= 4 is 22.4 Å². The topological polar surface area (TPSA) is 51.5 Å². The minimum Gasteiger partial charge on any atom is -0.496 e. The van der Waals surface area contributed by atoms with Crippen molar-refractivity contribution in [3.05, 3.63) is 34.6 Å². The first-order valence-corrected chi connectivity index (χ1v) is 9.44. The summed E-state index contributed by atoms with van der Waals surface area (Å²) >= 11 is 0. The number of amides is 1. The lowest BCUT2D eigenvalue weighted by molar-refractivity contribution is -0.116. The van der Waals surface area contributed by atoms with Crippen LogP contribution in [-0.4, -0.2) is 19.6 Å². The van der Waals surface area contributed by atoms with Crippen molar-refractivity contribution in [3.63, 3.8) is 0 Å². The van der Waals surface area contributed by atoms with Crippen molar-refractivity contribution in [2.24, 2.45) is 0 Å². The van der Waals surface area contributed by atoms with E-state index in [9.17, 15) is 4.79 Å². The van der Waals surface area contributed by atoms with Gasteiger partial charge in [-0.25, -0.2) is 0 Å². The highest BCUT2D eigenvalue weighted by molar-refractivity contribution is 5.98. The Bertz CT molecular complexity index is 815. The van der Waals surface area contributed by atoms with Gasteiger partial charge >= 0.3 is 0 Å². The summed E-state index contributed by atoms with van der Waals surface area (Å²) in [4.78, 5) is 12.2. The molecular weight excluding hydrogens is 326 g/mol. The van der Waals surface area contributed by atoms with Crippen molar-refractivity contribution in [2.45, 2.75) is 60.3 Å². The Morgan fingerprint density at radius 3 is 2.58 bits per heavy atom. The smallest absolute Gasteiger partial charge is 0.244 e. The number of aryl methyl sites for hydroxylation is 3. The molecule has 4 heteroatoms. The van der Waals surface area contributed by atoms with Gasteiger partial charge in [0, 0.05) is 29.1 Å². The lowest BCUT2D eigenvalue weighted by Crippen LogP contribution is -2.22. The third-order valence-electron chi connectivity index (χ3n) is 4.95. The quantitative estimate of drug-likeness (QED) is 0.504. The highest BCUT2D eigenvalue weighted by Gasteiger charge is 2.18. The van der Waals surface area contributed by atoms with E-state index in [2.05, 4.69) is 25.2 Å². The summed E-state index contributed by atoms with van der Waals surface area (Å²) in [6.45, 7) is 10.9. The van der Waals surface area contributed by atoms with Gasteiger partial charge < -0.3 is 14.5 Å². The van der Waals surface area contributed by atoms with Gasteiger partial charge in [-0.05, 0) is 51.3 Å². The van der Waals surface area contributed by atoms with Gasteiger partial charge in [-0.1, -0.05) is 26.2 Å². The van der Waals surface area contributed by atoms with E-state index < -0.39 is 0 Å². The van der Waals surface area contributed by atoms with Gasteiger partial charge in [0.05, 0.1) is 7.11 Å². The molecule has 0 aliphatic carbocycles. The number of hydrogen-bond acceptors (Lipinski definition) is 3. The molecule has 0 radical (unpaired) electrons. The number of nitrogens with one attached hydrogen (secondary N) is 1. The maximum absolute atomic E-state index is 12.2. The number of fused-ring (bicyclic) bond motifs is 1. The van der Waals surface area contributed by atoms with E-state index >= 15 is 0 Å². The average Bonchev–Trinajstić information content (AvgIpc) is 2.90. The molecule has 142 valence electrons. The lowest BCUT2D eigenvalue weighted by atomic mass is 9.98. The van der Waals surface area contributed by atoms with Crippen molar-refractivity contribution in [2.75, 3.05) is 13.7 Å². The van der Waals surface area contributed by atoms with Crippen LogP contribution in [-0.2, 0) is 4.79 Å². The van der Waals surface area contributed by atoms with Crippen molar-refractivity contribution in [1.29, 1.82) is 0 Å². The number of carbonyl (C=O) groups excluding carboxylic acids is 1. The first kappa shape index (κ1) is 20.1. The van der Waals surface area contributed by atoms with Crippen molar-refractivity contribution in [1.82, 2.24) is 5.32 Å². The minimum atomic E-state index is -0.0566. The van der Waals surface area contributed by atoms with Crippen molar-refractivity contribution in [3.8, 4) is 5.75 Å². The first-order chi connectivity index (χ1) is 12.4. The predicted octanol–water partition coefficient (Wildman–Crippen LogP) is 5.47. The third-order valence-corrected chi connectivity index (χ3v) is 4.95. The average molecular weight is 357 g/mol. The van der Waals surface area contributed by atoms with Crippen LogP contribution in [0.25, 0.3) is 16.5 Å². The van der Waals surface area contributed by atoms with Crippen LogP contribution in [0.5, 0.6) is 5.75 Å². The summed E-state index contributed by atoms with van der Waals surface area (Å²) < 4.78 is 11.5. The van der Waals surface area contributed by atoms with Crippen LogP contribution in [0.4, 0.5) is 0 Å². The number of carbonyl (C=O) groups is 1. The van der Waals surface area contributed by atoms with Gasteiger partial charge in [0.25, 0.3) is 0 Å². The Kier molecular flexibility index (Phi) is 6.90. The molecule has 1 aromatic carbocycles. The molecule has 1 amide bonds. The molecule has 4 nitrogen and oxygen atoms in total. The number of benzene rings is 1. The molecular formula is C22H31NO3. The van der Waals surface area contributed by atoms with E-state index in [-0.39, 0.29) is 5.91 Å². The standard InChI is InChI=1S/C22H31NO3/c1-7-8-9-10-11-23-20(24)12-14(2)18-13-19-15(3)17(5)26-22(19)16(4)21(18)25-6/h12-13H,7-11H2,1-6H3,(H,23,24)/b14-12+. The fourth-order valence-electron chi connectivity index (χ4n) is 3.26. The SMILES string of the molecule is CCCCCCNC(=O)/C=C(\C)c1cc2c(C)c(C)oc2c(C)c1OC. The van der Waals surface area contributed by atoms with Crippen LogP contribution in [0.2, 0.25) is 0 Å². The molecule has 0 aliphatic heterocycles. The van der Waals surface area contributed by atoms with Gasteiger partial charge in [0.2, 0.25) is 5.91 Å². The minimum absolute atomic E-state index is 0.0566. The maximum Gasteiger partial charge on any atom is 0.244 e. The fourth-order valence-corrected chi connectivity index (χ4v) is 3.26. The Hall–Kier alpha value is -2.23. The summed E-state index contributed by atoms with van der Waals surface area (Å²) in [6, 6.07) is 2.06. The number of ether oxygens (including phenoxy) is 1. The Labute approximate surface area is 156 Å². The van der Waals surface area contributed by atoms with E-state index in [1.54, 1.807) is 13.2 Å². The van der Waals surface area contributed by atoms with Crippen LogP contribution in [0.3, 0.4) is 0 Å². The van der Waals surface area contributed by atoms with E-state index in [1.165, 1.54) is 12.8 Å². The fraction of sp³-hybridized carbons (Fsp3) is 0.500. The molecule has 0 aliphatic rings. The monoisotopic (exact) mass is 357 g/mol. The van der Waals surface area contributed by atoms with Crippen LogP contribution >= 0.6 is 0 Å². The molecule has 0 atom stereocenters. The first-order valence-electron chi connectivity index (χ1n) is 9.44. The molecule has 0 saturated heterocycles. The molecule has 2 aromatic rings. The van der Waals surface area contributed by atoms with E-state index in [4.69, 9.17) is 9.15 Å². The summed E-state index contributed by atoms with van der Waals surface area (Å²) in [6.07, 6.45) is 6.24. The van der Waals surface area contributed by atoms with Gasteiger partial charge in [0.15, 0.2) is 0 Å². The van der Waals surface area contributed by atoms with Gasteiger partial charge in [-0.2, -0.15) is 0 Å². The number of hydrogen-bond donors (Lipinski definition) is 1. The van der Waals surface area contributed by atoms with Gasteiger partial charge in [0.1, 0.15) is 17.1 Å². The molecule has 0 bridgehead atoms. The highest BCUT2D eigenvalue weighted by atomic mass is 16.5. The molecule has 0 spiro atoms. The zero-order valence-corrected chi connectivity index (χ0v) is 16.9. The summed E-state index contributed by atoms with van der Waals surface area (Å²) in [5.74, 6) is 1.61. The number of furan rings is 1. The van der Waals surface area contributed by atoms with E-state index in [1.807, 2.05) is 20.8 Å². The second kappa shape index (κ2) is 8.93. The lowest BCUT2D eigenvalue weighted by Gasteiger charge is -2.13. The maximum atomic E-state index is 12.2. The van der Waals surface area contributed by atoms with Crippen LogP contribution in [0.1, 0.15) is 62.0 Å². The highest BCUT2D eigenvalue weighted by Crippen LogP contribution is 2.38. The Morgan fingerprint density at radius 1 is 1.19 bits per heavy atom. The van der Waals surface area contributed by atoms with Crippen LogP contribution < -0.4 is 10.1 Å². The van der Waals surface area contributed by atoms with E-state index in [0.29, 0.717) is 0 Å². The zero-order valence-electron chi connectivity index (χ0n) is 16.9. The number of unbranched alkanes of at least 4 members (excludes halogenated alkanes) is 3. The largest absolute Gasteiger partial charge is 0.496 e. The molecule has 0 unspecified atom stereocenters. The summed E-state index contributed by atoms with van der Waals surface area (Å²) in [5, 5.41) is 4.05. The van der Waals surface area contributed by atoms with Crippen LogP contribution in [0.15, 0.2) is 16.6 Å². The molecule has 0 saturated carbocycles. The second-order valence-corrected chi connectivity index (χ2v) is 6.92. The molecule has 0 fully saturated rings. The molecule has 26 heavy (non-hydrogen) atoms. The zero-order chi connectivity index (χ0) is 19.3. The summed E-state index contributed by atoms with van der Waals surface area (Å²) in [5.41, 5.74) is 4.76. The second-order valence-electron chi connectivity index (χ2n) is 6.92. The summed E-state index contributed by atoms with van der Waals surface area (Å²) in [7, 11) is 1.65. The molecule has 1 N–H and O–H groups in total. The molecule has 1 heterocycles. The van der Waals surface area contributed by atoms with E-state index in [0.717, 1.165) is 64.1 Å².